The van der Waals surface area contributed by atoms with Crippen molar-refractivity contribution < 1.29 is 9.53 Å². The lowest BCUT2D eigenvalue weighted by Crippen LogP contribution is -2.40. The van der Waals surface area contributed by atoms with Gasteiger partial charge < -0.3 is 20.7 Å². The topological polar surface area (TPSA) is 67.6 Å². The van der Waals surface area contributed by atoms with E-state index < -0.39 is 0 Å². The fourth-order valence-corrected chi connectivity index (χ4v) is 2.07. The highest BCUT2D eigenvalue weighted by Gasteiger charge is 2.25. The first-order valence-electron chi connectivity index (χ1n) is 6.60. The first-order chi connectivity index (χ1) is 9.15. The molecule has 5 heteroatoms. The molecule has 0 spiro atoms. The van der Waals surface area contributed by atoms with Gasteiger partial charge in [-0.15, -0.1) is 0 Å². The molecule has 0 saturated heterocycles. The number of carbonyl (C=O) groups is 1. The molecule has 0 bridgehead atoms. The first kappa shape index (κ1) is 13.7. The van der Waals surface area contributed by atoms with Gasteiger partial charge in [-0.3, -0.25) is 4.79 Å². The van der Waals surface area contributed by atoms with Crippen LogP contribution in [-0.2, 0) is 4.79 Å². The molecule has 0 saturated carbocycles. The van der Waals surface area contributed by atoms with E-state index in [2.05, 4.69) is 12.2 Å². The molecule has 1 amide bonds. The molecule has 1 unspecified atom stereocenters. The zero-order chi connectivity index (χ0) is 13.8. The number of nitrogens with one attached hydrogen (secondary N) is 1. The van der Waals surface area contributed by atoms with Gasteiger partial charge in [0, 0.05) is 19.3 Å². The van der Waals surface area contributed by atoms with Crippen LogP contribution in [0.5, 0.6) is 5.75 Å². The summed E-state index contributed by atoms with van der Waals surface area (Å²) in [6, 6.07) is 5.78. The number of amides is 1. The van der Waals surface area contributed by atoms with Crippen LogP contribution in [0, 0.1) is 5.92 Å². The predicted molar refractivity (Wildman–Crippen MR) is 76.7 cm³/mol. The molecule has 104 valence electrons. The number of benzene rings is 1. The van der Waals surface area contributed by atoms with Crippen molar-refractivity contribution in [1.29, 1.82) is 0 Å². The van der Waals surface area contributed by atoms with Crippen molar-refractivity contribution in [3.05, 3.63) is 18.2 Å². The third-order valence-electron chi connectivity index (χ3n) is 3.44. The lowest BCUT2D eigenvalue weighted by molar-refractivity contribution is -0.121. The van der Waals surface area contributed by atoms with E-state index in [1.165, 1.54) is 0 Å². The van der Waals surface area contributed by atoms with E-state index in [4.69, 9.17) is 10.5 Å². The summed E-state index contributed by atoms with van der Waals surface area (Å²) >= 11 is 0. The van der Waals surface area contributed by atoms with Crippen molar-refractivity contribution in [2.24, 2.45) is 11.7 Å². The standard InChI is InChI=1S/C14H21N3O2/c1-10(8-15)5-6-17-12-7-11(16-2)3-4-13(12)19-9-14(17)18/h3-4,7,10,16H,5-6,8-9,15H2,1-2H3. The summed E-state index contributed by atoms with van der Waals surface area (Å²) in [4.78, 5) is 13.8. The van der Waals surface area contributed by atoms with E-state index in [1.807, 2.05) is 25.2 Å². The van der Waals surface area contributed by atoms with Gasteiger partial charge in [-0.25, -0.2) is 0 Å². The van der Waals surface area contributed by atoms with Crippen LogP contribution in [0.2, 0.25) is 0 Å². The van der Waals surface area contributed by atoms with Gasteiger partial charge in [-0.2, -0.15) is 0 Å². The maximum Gasteiger partial charge on any atom is 0.265 e. The number of nitrogens with two attached hydrogens (primary N) is 1. The Balaban J connectivity index is 2.21. The molecule has 3 N–H and O–H groups in total. The number of rotatable bonds is 5. The minimum Gasteiger partial charge on any atom is -0.482 e. The average molecular weight is 263 g/mol. The number of nitrogens with zero attached hydrogens (tertiary/aromatic N) is 1. The molecule has 0 aromatic heterocycles. The molecule has 0 aliphatic carbocycles. The van der Waals surface area contributed by atoms with E-state index in [1.54, 1.807) is 4.90 Å². The largest absolute Gasteiger partial charge is 0.482 e. The molecule has 1 heterocycles. The third-order valence-corrected chi connectivity index (χ3v) is 3.44. The lowest BCUT2D eigenvalue weighted by atomic mass is 10.1. The molecule has 1 aromatic rings. The van der Waals surface area contributed by atoms with Gasteiger partial charge in [-0.1, -0.05) is 6.92 Å². The van der Waals surface area contributed by atoms with Crippen LogP contribution >= 0.6 is 0 Å². The molecule has 1 aliphatic heterocycles. The van der Waals surface area contributed by atoms with Crippen LogP contribution in [0.15, 0.2) is 18.2 Å². The van der Waals surface area contributed by atoms with Crippen LogP contribution in [0.4, 0.5) is 11.4 Å². The smallest absolute Gasteiger partial charge is 0.265 e. The van der Waals surface area contributed by atoms with Gasteiger partial charge in [0.05, 0.1) is 5.69 Å². The highest BCUT2D eigenvalue weighted by molar-refractivity contribution is 5.98. The van der Waals surface area contributed by atoms with Crippen LogP contribution in [0.3, 0.4) is 0 Å². The molecule has 5 nitrogen and oxygen atoms in total. The zero-order valence-corrected chi connectivity index (χ0v) is 11.5. The second-order valence-corrected chi connectivity index (χ2v) is 4.90. The van der Waals surface area contributed by atoms with E-state index in [9.17, 15) is 4.79 Å². The Hall–Kier alpha value is -1.75. The fourth-order valence-electron chi connectivity index (χ4n) is 2.07. The highest BCUT2D eigenvalue weighted by atomic mass is 16.5. The van der Waals surface area contributed by atoms with E-state index >= 15 is 0 Å². The number of fused-ring (bicyclic) bond motifs is 1. The minimum atomic E-state index is 0.00461. The van der Waals surface area contributed by atoms with Crippen molar-refractivity contribution in [2.75, 3.05) is 37.0 Å². The summed E-state index contributed by atoms with van der Waals surface area (Å²) in [6.07, 6.45) is 0.894. The predicted octanol–water partition coefficient (Wildman–Crippen LogP) is 1.44. The summed E-state index contributed by atoms with van der Waals surface area (Å²) in [5, 5.41) is 3.07. The summed E-state index contributed by atoms with van der Waals surface area (Å²) in [5.41, 5.74) is 7.43. The molecule has 0 radical (unpaired) electrons. The molecule has 1 aliphatic rings. The maximum atomic E-state index is 12.0. The van der Waals surface area contributed by atoms with Crippen LogP contribution < -0.4 is 20.7 Å². The molecule has 1 atom stereocenters. The lowest BCUT2D eigenvalue weighted by Gasteiger charge is -2.30. The summed E-state index contributed by atoms with van der Waals surface area (Å²) in [6.45, 7) is 3.53. The van der Waals surface area contributed by atoms with Crippen LogP contribution in [-0.4, -0.2) is 32.7 Å². The van der Waals surface area contributed by atoms with Crippen molar-refractivity contribution in [3.63, 3.8) is 0 Å². The van der Waals surface area contributed by atoms with Crippen molar-refractivity contribution in [2.45, 2.75) is 13.3 Å². The number of carbonyl (C=O) groups excluding carboxylic acids is 1. The van der Waals surface area contributed by atoms with Crippen molar-refractivity contribution in [3.8, 4) is 5.75 Å². The number of ether oxygens (including phenoxy) is 1. The van der Waals surface area contributed by atoms with Crippen molar-refractivity contribution >= 4 is 17.3 Å². The first-order valence-corrected chi connectivity index (χ1v) is 6.60. The Morgan fingerprint density at radius 3 is 3.00 bits per heavy atom. The zero-order valence-electron chi connectivity index (χ0n) is 11.5. The molecule has 19 heavy (non-hydrogen) atoms. The third kappa shape index (κ3) is 2.98. The van der Waals surface area contributed by atoms with E-state index in [-0.39, 0.29) is 12.5 Å². The quantitative estimate of drug-likeness (QED) is 0.843. The van der Waals surface area contributed by atoms with Crippen molar-refractivity contribution in [1.82, 2.24) is 0 Å². The molecule has 0 fully saturated rings. The van der Waals surface area contributed by atoms with Gasteiger partial charge in [0.2, 0.25) is 0 Å². The Labute approximate surface area is 113 Å². The number of anilines is 2. The maximum absolute atomic E-state index is 12.0. The highest BCUT2D eigenvalue weighted by Crippen LogP contribution is 2.34. The van der Waals surface area contributed by atoms with Crippen LogP contribution in [0.1, 0.15) is 13.3 Å². The molecular formula is C14H21N3O2. The molecule has 1 aromatic carbocycles. The monoisotopic (exact) mass is 263 g/mol. The number of hydrogen-bond donors (Lipinski definition) is 2. The second-order valence-electron chi connectivity index (χ2n) is 4.90. The Morgan fingerprint density at radius 1 is 1.53 bits per heavy atom. The summed E-state index contributed by atoms with van der Waals surface area (Å²) in [7, 11) is 1.86. The number of hydrogen-bond acceptors (Lipinski definition) is 4. The fraction of sp³-hybridized carbons (Fsp3) is 0.500. The van der Waals surface area contributed by atoms with Gasteiger partial charge in [-0.05, 0) is 37.1 Å². The second kappa shape index (κ2) is 5.93. The van der Waals surface area contributed by atoms with Crippen LogP contribution in [0.25, 0.3) is 0 Å². The normalized spacial score (nSPS) is 15.7. The van der Waals surface area contributed by atoms with E-state index in [0.29, 0.717) is 19.0 Å². The Bertz CT molecular complexity index is 462. The molecule has 2 rings (SSSR count). The SMILES string of the molecule is CNc1ccc2c(c1)N(CCC(C)CN)C(=O)CO2. The van der Waals surface area contributed by atoms with Gasteiger partial charge in [0.15, 0.2) is 6.61 Å². The van der Waals surface area contributed by atoms with E-state index in [0.717, 1.165) is 23.5 Å². The average Bonchev–Trinajstić information content (AvgIpc) is 2.45. The minimum absolute atomic E-state index is 0.00461. The van der Waals surface area contributed by atoms with Gasteiger partial charge in [0.1, 0.15) is 5.75 Å². The Kier molecular flexibility index (Phi) is 4.27. The van der Waals surface area contributed by atoms with Gasteiger partial charge in [0.25, 0.3) is 5.91 Å². The summed E-state index contributed by atoms with van der Waals surface area (Å²) in [5.74, 6) is 1.18. The molecular weight excluding hydrogens is 242 g/mol. The Morgan fingerprint density at radius 2 is 2.32 bits per heavy atom. The van der Waals surface area contributed by atoms with Gasteiger partial charge >= 0.3 is 0 Å². The summed E-state index contributed by atoms with van der Waals surface area (Å²) < 4.78 is 5.45.